The molecule has 124 valence electrons. The Kier molecular flexibility index (Phi) is 5.78. The van der Waals surface area contributed by atoms with Crippen molar-refractivity contribution in [3.05, 3.63) is 23.8 Å². The number of anilines is 1. The van der Waals surface area contributed by atoms with E-state index in [9.17, 15) is 13.2 Å². The molecule has 1 aromatic carbocycles. The first kappa shape index (κ1) is 18.2. The second-order valence-electron chi connectivity index (χ2n) is 5.84. The third-order valence-electron chi connectivity index (χ3n) is 2.64. The molecule has 0 saturated heterocycles. The zero-order chi connectivity index (χ0) is 17.0. The Balaban J connectivity index is 2.50. The second-order valence-corrected chi connectivity index (χ2v) is 7.61. The Morgan fingerprint density at radius 3 is 2.45 bits per heavy atom. The summed E-state index contributed by atoms with van der Waals surface area (Å²) in [5, 5.41) is 2.48. The van der Waals surface area contributed by atoms with E-state index in [2.05, 4.69) is 10.0 Å². The van der Waals surface area contributed by atoms with Crippen molar-refractivity contribution in [2.75, 3.05) is 18.8 Å². The van der Waals surface area contributed by atoms with Crippen LogP contribution in [0, 0.1) is 6.92 Å². The summed E-state index contributed by atoms with van der Waals surface area (Å²) in [6.07, 6.45) is -0.588. The van der Waals surface area contributed by atoms with Gasteiger partial charge in [0.15, 0.2) is 0 Å². The van der Waals surface area contributed by atoms with Gasteiger partial charge in [0.25, 0.3) is 0 Å². The van der Waals surface area contributed by atoms with Crippen LogP contribution in [0.4, 0.5) is 10.5 Å². The number of rotatable bonds is 5. The van der Waals surface area contributed by atoms with Crippen LogP contribution in [-0.4, -0.2) is 33.2 Å². The molecule has 0 spiro atoms. The van der Waals surface area contributed by atoms with Crippen molar-refractivity contribution < 1.29 is 17.9 Å². The van der Waals surface area contributed by atoms with Crippen LogP contribution in [0.2, 0.25) is 0 Å². The van der Waals surface area contributed by atoms with Crippen LogP contribution < -0.4 is 15.8 Å². The minimum Gasteiger partial charge on any atom is -0.444 e. The van der Waals surface area contributed by atoms with Crippen molar-refractivity contribution in [2.45, 2.75) is 38.2 Å². The van der Waals surface area contributed by atoms with Gasteiger partial charge in [-0.15, -0.1) is 0 Å². The third-order valence-corrected chi connectivity index (χ3v) is 4.10. The summed E-state index contributed by atoms with van der Waals surface area (Å²) < 4.78 is 31.6. The fraction of sp³-hybridized carbons (Fsp3) is 0.500. The molecule has 22 heavy (non-hydrogen) atoms. The van der Waals surface area contributed by atoms with E-state index in [1.165, 1.54) is 12.1 Å². The molecule has 0 saturated carbocycles. The second kappa shape index (κ2) is 6.97. The molecular weight excluding hydrogens is 306 g/mol. The van der Waals surface area contributed by atoms with Gasteiger partial charge in [-0.1, -0.05) is 0 Å². The number of benzene rings is 1. The lowest BCUT2D eigenvalue weighted by Gasteiger charge is -2.19. The number of nitrogens with one attached hydrogen (secondary N) is 2. The third kappa shape index (κ3) is 5.90. The smallest absolute Gasteiger partial charge is 0.407 e. The van der Waals surface area contributed by atoms with E-state index in [1.807, 2.05) is 0 Å². The van der Waals surface area contributed by atoms with Crippen molar-refractivity contribution in [3.8, 4) is 0 Å². The molecular formula is C14H23N3O4S. The largest absolute Gasteiger partial charge is 0.444 e. The first-order chi connectivity index (χ1) is 10.0. The van der Waals surface area contributed by atoms with Gasteiger partial charge in [0.2, 0.25) is 10.0 Å². The van der Waals surface area contributed by atoms with Gasteiger partial charge in [-0.05, 0) is 51.5 Å². The van der Waals surface area contributed by atoms with Crippen LogP contribution in [0.25, 0.3) is 0 Å². The molecule has 0 unspecified atom stereocenters. The highest BCUT2D eigenvalue weighted by molar-refractivity contribution is 7.89. The molecule has 0 radical (unpaired) electrons. The number of nitrogens with two attached hydrogens (primary N) is 1. The average Bonchev–Trinajstić information content (AvgIpc) is 2.36. The molecule has 0 aromatic heterocycles. The number of hydrogen-bond donors (Lipinski definition) is 3. The summed E-state index contributed by atoms with van der Waals surface area (Å²) in [7, 11) is -3.63. The van der Waals surface area contributed by atoms with Crippen LogP contribution >= 0.6 is 0 Å². The van der Waals surface area contributed by atoms with Crippen molar-refractivity contribution >= 4 is 21.8 Å². The monoisotopic (exact) mass is 329 g/mol. The summed E-state index contributed by atoms with van der Waals surface area (Å²) in [6.45, 7) is 7.17. The quantitative estimate of drug-likeness (QED) is 0.558. The number of aryl methyl sites for hydroxylation is 1. The topological polar surface area (TPSA) is 111 Å². The van der Waals surface area contributed by atoms with Crippen LogP contribution in [0.3, 0.4) is 0 Å². The summed E-state index contributed by atoms with van der Waals surface area (Å²) in [6, 6.07) is 4.48. The van der Waals surface area contributed by atoms with Crippen molar-refractivity contribution in [1.29, 1.82) is 0 Å². The van der Waals surface area contributed by atoms with Gasteiger partial charge >= 0.3 is 6.09 Å². The Morgan fingerprint density at radius 2 is 1.91 bits per heavy atom. The van der Waals surface area contributed by atoms with Gasteiger partial charge in [-0.2, -0.15) is 0 Å². The maximum atomic E-state index is 12.1. The standard InChI is InChI=1S/C14H23N3O4S/c1-10-9-11(5-6-12(10)15)22(19,20)17-8-7-16-13(18)21-14(2,3)4/h5-6,9,17H,7-8,15H2,1-4H3,(H,16,18). The van der Waals surface area contributed by atoms with Gasteiger partial charge in [0, 0.05) is 18.8 Å². The highest BCUT2D eigenvalue weighted by atomic mass is 32.2. The molecule has 0 bridgehead atoms. The number of sulfonamides is 1. The van der Waals surface area contributed by atoms with Gasteiger partial charge in [0.1, 0.15) is 5.60 Å². The first-order valence-corrected chi connectivity index (χ1v) is 8.32. The van der Waals surface area contributed by atoms with E-state index < -0.39 is 21.7 Å². The maximum absolute atomic E-state index is 12.1. The molecule has 4 N–H and O–H groups in total. The highest BCUT2D eigenvalue weighted by Gasteiger charge is 2.17. The van der Waals surface area contributed by atoms with E-state index in [-0.39, 0.29) is 18.0 Å². The molecule has 0 atom stereocenters. The molecule has 8 heteroatoms. The fourth-order valence-electron chi connectivity index (χ4n) is 1.56. The number of carbonyl (C=O) groups is 1. The zero-order valence-electron chi connectivity index (χ0n) is 13.3. The summed E-state index contributed by atoms with van der Waals surface area (Å²) in [5.74, 6) is 0. The van der Waals surface area contributed by atoms with Gasteiger partial charge in [0.05, 0.1) is 4.90 Å². The summed E-state index contributed by atoms with van der Waals surface area (Å²) in [4.78, 5) is 11.5. The number of nitrogen functional groups attached to an aromatic ring is 1. The number of ether oxygens (including phenoxy) is 1. The Hall–Kier alpha value is -1.80. The van der Waals surface area contributed by atoms with E-state index in [0.717, 1.165) is 0 Å². The SMILES string of the molecule is Cc1cc(S(=O)(=O)NCCNC(=O)OC(C)(C)C)ccc1N. The number of hydrogen-bond acceptors (Lipinski definition) is 5. The number of amides is 1. The fourth-order valence-corrected chi connectivity index (χ4v) is 2.68. The molecule has 0 aliphatic carbocycles. The first-order valence-electron chi connectivity index (χ1n) is 6.84. The van der Waals surface area contributed by atoms with Gasteiger partial charge in [-0.25, -0.2) is 17.9 Å². The van der Waals surface area contributed by atoms with Gasteiger partial charge in [-0.3, -0.25) is 0 Å². The summed E-state index contributed by atoms with van der Waals surface area (Å²) in [5.41, 5.74) is 6.29. The van der Waals surface area contributed by atoms with E-state index in [1.54, 1.807) is 33.8 Å². The Labute approximate surface area is 131 Å². The van der Waals surface area contributed by atoms with Crippen molar-refractivity contribution in [1.82, 2.24) is 10.0 Å². The number of carbonyl (C=O) groups excluding carboxylic acids is 1. The molecule has 1 rings (SSSR count). The summed E-state index contributed by atoms with van der Waals surface area (Å²) >= 11 is 0. The van der Waals surface area contributed by atoms with Crippen LogP contribution in [0.1, 0.15) is 26.3 Å². The van der Waals surface area contributed by atoms with Crippen LogP contribution in [-0.2, 0) is 14.8 Å². The molecule has 1 amide bonds. The van der Waals surface area contributed by atoms with E-state index >= 15 is 0 Å². The minimum absolute atomic E-state index is 0.0605. The molecule has 0 aliphatic heterocycles. The van der Waals surface area contributed by atoms with Crippen molar-refractivity contribution in [2.24, 2.45) is 0 Å². The normalized spacial score (nSPS) is 12.0. The van der Waals surface area contributed by atoms with Crippen LogP contribution in [0.15, 0.2) is 23.1 Å². The van der Waals surface area contributed by atoms with Gasteiger partial charge < -0.3 is 15.8 Å². The van der Waals surface area contributed by atoms with E-state index in [4.69, 9.17) is 10.5 Å². The van der Waals surface area contributed by atoms with Crippen LogP contribution in [0.5, 0.6) is 0 Å². The Bertz CT molecular complexity index is 636. The predicted octanol–water partition coefficient (Wildman–Crippen LogP) is 1.38. The zero-order valence-corrected chi connectivity index (χ0v) is 14.1. The van der Waals surface area contributed by atoms with Crippen molar-refractivity contribution in [3.63, 3.8) is 0 Å². The molecule has 1 aromatic rings. The maximum Gasteiger partial charge on any atom is 0.407 e. The lowest BCUT2D eigenvalue weighted by Crippen LogP contribution is -2.37. The molecule has 7 nitrogen and oxygen atoms in total. The number of alkyl carbamates (subject to hydrolysis) is 1. The molecule has 0 heterocycles. The highest BCUT2D eigenvalue weighted by Crippen LogP contribution is 2.16. The molecule has 0 fully saturated rings. The Morgan fingerprint density at radius 1 is 1.27 bits per heavy atom. The predicted molar refractivity (Wildman–Crippen MR) is 85.0 cm³/mol. The minimum atomic E-state index is -3.63. The van der Waals surface area contributed by atoms with E-state index in [0.29, 0.717) is 11.3 Å². The molecule has 0 aliphatic rings. The average molecular weight is 329 g/mol. The lowest BCUT2D eigenvalue weighted by molar-refractivity contribution is 0.0529. The lowest BCUT2D eigenvalue weighted by atomic mass is 10.2.